The zero-order valence-corrected chi connectivity index (χ0v) is 14.2. The molecule has 0 N–H and O–H groups in total. The third-order valence-corrected chi connectivity index (χ3v) is 4.12. The molecule has 2 aromatic rings. The van der Waals surface area contributed by atoms with Gasteiger partial charge in [0, 0.05) is 24.3 Å². The summed E-state index contributed by atoms with van der Waals surface area (Å²) in [7, 11) is 1.41. The monoisotopic (exact) mass is 355 g/mol. The second-order valence-corrected chi connectivity index (χ2v) is 5.84. The zero-order chi connectivity index (χ0) is 18.5. The molecule has 0 bridgehead atoms. The third kappa shape index (κ3) is 3.91. The van der Waals surface area contributed by atoms with Crippen LogP contribution >= 0.6 is 0 Å². The fourth-order valence-corrected chi connectivity index (χ4v) is 2.83. The van der Waals surface area contributed by atoms with Crippen molar-refractivity contribution < 1.29 is 23.5 Å². The summed E-state index contributed by atoms with van der Waals surface area (Å²) in [4.78, 5) is 25.8. The molecule has 6 heteroatoms. The number of allylic oxidation sites excluding steroid dienone is 1. The van der Waals surface area contributed by atoms with Crippen molar-refractivity contribution in [1.82, 2.24) is 4.90 Å². The van der Waals surface area contributed by atoms with Gasteiger partial charge < -0.3 is 9.47 Å². The van der Waals surface area contributed by atoms with Gasteiger partial charge in [-0.1, -0.05) is 36.4 Å². The van der Waals surface area contributed by atoms with E-state index in [0.29, 0.717) is 5.56 Å². The van der Waals surface area contributed by atoms with Gasteiger partial charge in [-0.15, -0.1) is 0 Å². The lowest BCUT2D eigenvalue weighted by molar-refractivity contribution is -0.116. The first-order chi connectivity index (χ1) is 12.6. The number of nitrogens with zero attached hydrogens (tertiary/aromatic N) is 1. The Morgan fingerprint density at radius 2 is 2.00 bits per heavy atom. The highest BCUT2D eigenvalue weighted by atomic mass is 19.1. The van der Waals surface area contributed by atoms with Crippen molar-refractivity contribution >= 4 is 11.9 Å². The Kier molecular flexibility index (Phi) is 5.31. The van der Waals surface area contributed by atoms with Crippen molar-refractivity contribution in [3.05, 3.63) is 77.8 Å². The van der Waals surface area contributed by atoms with Crippen LogP contribution in [0.25, 0.3) is 0 Å². The molecule has 0 aliphatic carbocycles. The van der Waals surface area contributed by atoms with Crippen molar-refractivity contribution in [3.63, 3.8) is 0 Å². The van der Waals surface area contributed by atoms with Crippen LogP contribution in [0.2, 0.25) is 0 Å². The Morgan fingerprint density at radius 3 is 2.73 bits per heavy atom. The highest BCUT2D eigenvalue weighted by Gasteiger charge is 2.31. The summed E-state index contributed by atoms with van der Waals surface area (Å²) in [6.07, 6.45) is 2.20. The minimum atomic E-state index is -0.619. The summed E-state index contributed by atoms with van der Waals surface area (Å²) in [5.74, 6) is -0.311. The van der Waals surface area contributed by atoms with Crippen molar-refractivity contribution in [3.8, 4) is 5.75 Å². The molecule has 0 saturated heterocycles. The van der Waals surface area contributed by atoms with Crippen LogP contribution in [0.3, 0.4) is 0 Å². The number of halogens is 1. The van der Waals surface area contributed by atoms with E-state index >= 15 is 0 Å². The van der Waals surface area contributed by atoms with E-state index in [-0.39, 0.29) is 24.6 Å². The van der Waals surface area contributed by atoms with Crippen LogP contribution in [0.1, 0.15) is 23.6 Å². The van der Waals surface area contributed by atoms with Gasteiger partial charge in [0.2, 0.25) is 0 Å². The Hall–Kier alpha value is -3.15. The quantitative estimate of drug-likeness (QED) is 0.832. The number of amides is 1. The number of hydrogen-bond acceptors (Lipinski definition) is 4. The number of methoxy groups -OCH3 is 1. The Morgan fingerprint density at radius 1 is 1.23 bits per heavy atom. The van der Waals surface area contributed by atoms with Crippen LogP contribution in [0.5, 0.6) is 5.75 Å². The van der Waals surface area contributed by atoms with Crippen LogP contribution in [0.4, 0.5) is 9.18 Å². The highest BCUT2D eigenvalue weighted by molar-refractivity contribution is 5.92. The lowest BCUT2D eigenvalue weighted by Gasteiger charge is -2.31. The molecule has 0 aromatic heterocycles. The largest absolute Gasteiger partial charge is 0.496 e. The zero-order valence-electron chi connectivity index (χ0n) is 14.2. The highest BCUT2D eigenvalue weighted by Crippen LogP contribution is 2.35. The molecule has 1 aliphatic heterocycles. The molecular weight excluding hydrogens is 337 g/mol. The van der Waals surface area contributed by atoms with Gasteiger partial charge in [0.15, 0.2) is 5.78 Å². The van der Waals surface area contributed by atoms with Crippen LogP contribution in [-0.2, 0) is 16.1 Å². The van der Waals surface area contributed by atoms with Gasteiger partial charge in [-0.25, -0.2) is 9.18 Å². The average molecular weight is 355 g/mol. The maximum Gasteiger partial charge on any atom is 0.414 e. The van der Waals surface area contributed by atoms with Gasteiger partial charge in [0.05, 0.1) is 13.2 Å². The van der Waals surface area contributed by atoms with Crippen LogP contribution in [-0.4, -0.2) is 23.9 Å². The molecule has 26 heavy (non-hydrogen) atoms. The summed E-state index contributed by atoms with van der Waals surface area (Å²) in [5.41, 5.74) is 1.40. The number of carbonyl (C=O) groups excluding carboxylic acids is 2. The van der Waals surface area contributed by atoms with E-state index < -0.39 is 18.0 Å². The Labute approximate surface area is 150 Å². The van der Waals surface area contributed by atoms with Gasteiger partial charge in [-0.05, 0) is 17.7 Å². The first kappa shape index (κ1) is 17.7. The van der Waals surface area contributed by atoms with E-state index in [1.54, 1.807) is 0 Å². The standard InChI is InChI=1S/C20H18FNO4/c1-25-19-11-15(21)7-8-17(19)18-12-16(23)9-10-22(18)20(24)26-13-14-5-3-2-4-6-14/h2-11,18H,12-13H2,1H3. The van der Waals surface area contributed by atoms with E-state index in [2.05, 4.69) is 0 Å². The number of ether oxygens (including phenoxy) is 2. The number of ketones is 1. The Balaban J connectivity index is 1.83. The van der Waals surface area contributed by atoms with Gasteiger partial charge in [-0.3, -0.25) is 9.69 Å². The molecule has 5 nitrogen and oxygen atoms in total. The molecular formula is C20H18FNO4. The Bertz CT molecular complexity index is 835. The van der Waals surface area contributed by atoms with E-state index in [9.17, 15) is 14.0 Å². The number of benzene rings is 2. The number of hydrogen-bond donors (Lipinski definition) is 0. The molecule has 2 aromatic carbocycles. The molecule has 1 aliphatic rings. The van der Waals surface area contributed by atoms with Crippen molar-refractivity contribution in [2.24, 2.45) is 0 Å². The normalized spacial score (nSPS) is 16.5. The predicted molar refractivity (Wildman–Crippen MR) is 92.9 cm³/mol. The maximum atomic E-state index is 13.5. The SMILES string of the molecule is COc1cc(F)ccc1C1CC(=O)C=CN1C(=O)OCc1ccccc1. The third-order valence-electron chi connectivity index (χ3n) is 4.12. The summed E-state index contributed by atoms with van der Waals surface area (Å²) in [5, 5.41) is 0. The van der Waals surface area contributed by atoms with Crippen LogP contribution in [0.15, 0.2) is 60.8 Å². The average Bonchev–Trinajstić information content (AvgIpc) is 2.66. The predicted octanol–water partition coefficient (Wildman–Crippen LogP) is 4.00. The van der Waals surface area contributed by atoms with Crippen molar-refractivity contribution in [1.29, 1.82) is 0 Å². The lowest BCUT2D eigenvalue weighted by atomic mass is 9.96. The minimum Gasteiger partial charge on any atom is -0.496 e. The van der Waals surface area contributed by atoms with Crippen LogP contribution < -0.4 is 4.74 Å². The van der Waals surface area contributed by atoms with Crippen molar-refractivity contribution in [2.45, 2.75) is 19.1 Å². The summed E-state index contributed by atoms with van der Waals surface area (Å²) in [6, 6.07) is 12.7. The van der Waals surface area contributed by atoms with Crippen molar-refractivity contribution in [2.75, 3.05) is 7.11 Å². The molecule has 1 atom stereocenters. The number of carbonyl (C=O) groups is 2. The first-order valence-electron chi connectivity index (χ1n) is 8.12. The summed E-state index contributed by atoms with van der Waals surface area (Å²) in [6.45, 7) is 0.116. The molecule has 1 amide bonds. The smallest absolute Gasteiger partial charge is 0.414 e. The summed E-state index contributed by atoms with van der Waals surface area (Å²) >= 11 is 0. The first-order valence-corrected chi connectivity index (χ1v) is 8.12. The molecule has 0 saturated carbocycles. The van der Waals surface area contributed by atoms with E-state index in [4.69, 9.17) is 9.47 Å². The topological polar surface area (TPSA) is 55.8 Å². The fourth-order valence-electron chi connectivity index (χ4n) is 2.83. The van der Waals surface area contributed by atoms with Gasteiger partial charge >= 0.3 is 6.09 Å². The van der Waals surface area contributed by atoms with E-state index in [1.165, 1.54) is 42.5 Å². The number of rotatable bonds is 4. The molecule has 134 valence electrons. The molecule has 1 heterocycles. The second kappa shape index (κ2) is 7.82. The minimum absolute atomic E-state index is 0.0684. The molecule has 0 spiro atoms. The van der Waals surface area contributed by atoms with E-state index in [1.807, 2.05) is 30.3 Å². The molecule has 0 radical (unpaired) electrons. The second-order valence-electron chi connectivity index (χ2n) is 5.84. The molecule has 0 fully saturated rings. The maximum absolute atomic E-state index is 13.5. The van der Waals surface area contributed by atoms with Gasteiger partial charge in [-0.2, -0.15) is 0 Å². The lowest BCUT2D eigenvalue weighted by Crippen LogP contribution is -2.35. The molecule has 3 rings (SSSR count). The molecule has 1 unspecified atom stereocenters. The summed E-state index contributed by atoms with van der Waals surface area (Å²) < 4.78 is 24.1. The fraction of sp³-hybridized carbons (Fsp3) is 0.200. The van der Waals surface area contributed by atoms with Gasteiger partial charge in [0.25, 0.3) is 0 Å². The van der Waals surface area contributed by atoms with Gasteiger partial charge in [0.1, 0.15) is 18.2 Å². The van der Waals surface area contributed by atoms with E-state index in [0.717, 1.165) is 5.56 Å². The van der Waals surface area contributed by atoms with Crippen LogP contribution in [0, 0.1) is 5.82 Å².